The van der Waals surface area contributed by atoms with E-state index in [4.69, 9.17) is 9.57 Å². The van der Waals surface area contributed by atoms with Crippen molar-refractivity contribution in [2.75, 3.05) is 14.2 Å². The topological polar surface area (TPSA) is 72.8 Å². The second-order valence-corrected chi connectivity index (χ2v) is 6.10. The Morgan fingerprint density at radius 1 is 1.40 bits per heavy atom. The second kappa shape index (κ2) is 8.52. The molecular formula is C16H17F2N3O3S. The van der Waals surface area contributed by atoms with Crippen LogP contribution in [0.15, 0.2) is 29.4 Å². The van der Waals surface area contributed by atoms with E-state index < -0.39 is 12.3 Å². The maximum absolute atomic E-state index is 12.7. The van der Waals surface area contributed by atoms with Crippen molar-refractivity contribution >= 4 is 23.0 Å². The zero-order chi connectivity index (χ0) is 18.4. The van der Waals surface area contributed by atoms with Crippen LogP contribution in [0.25, 0.3) is 0 Å². The van der Waals surface area contributed by atoms with Crippen molar-refractivity contribution in [1.29, 1.82) is 0 Å². The first-order valence-electron chi connectivity index (χ1n) is 7.27. The summed E-state index contributed by atoms with van der Waals surface area (Å²) in [5.74, 6) is -0.264. The highest BCUT2D eigenvalue weighted by molar-refractivity contribution is 7.11. The molecule has 1 aromatic heterocycles. The predicted molar refractivity (Wildman–Crippen MR) is 90.2 cm³/mol. The molecule has 0 aliphatic carbocycles. The third-order valence-corrected chi connectivity index (χ3v) is 4.18. The molecule has 1 aromatic carbocycles. The Bertz CT molecular complexity index is 778. The van der Waals surface area contributed by atoms with Gasteiger partial charge in [0, 0.05) is 12.6 Å². The molecule has 0 aliphatic heterocycles. The van der Waals surface area contributed by atoms with Crippen molar-refractivity contribution in [2.24, 2.45) is 5.16 Å². The Balaban J connectivity index is 2.26. The van der Waals surface area contributed by atoms with Gasteiger partial charge in [0.1, 0.15) is 13.7 Å². The minimum absolute atomic E-state index is 0.0448. The van der Waals surface area contributed by atoms with Crippen molar-refractivity contribution < 1.29 is 23.1 Å². The van der Waals surface area contributed by atoms with E-state index in [1.54, 1.807) is 31.2 Å². The molecule has 9 heteroatoms. The van der Waals surface area contributed by atoms with Gasteiger partial charge < -0.3 is 14.9 Å². The van der Waals surface area contributed by atoms with Crippen molar-refractivity contribution in [2.45, 2.75) is 20.0 Å². The van der Waals surface area contributed by atoms with Crippen molar-refractivity contribution in [3.8, 4) is 5.88 Å². The number of amides is 1. The maximum Gasteiger partial charge on any atom is 0.289 e. The summed E-state index contributed by atoms with van der Waals surface area (Å²) in [6.07, 6.45) is -2.64. The first-order valence-corrected chi connectivity index (χ1v) is 8.09. The number of rotatable bonds is 7. The molecule has 1 N–H and O–H groups in total. The van der Waals surface area contributed by atoms with E-state index >= 15 is 0 Å². The standard InChI is InChI=1S/C16H17F2N3O3S/c1-9-15(20-16(25-9)13(17)18)24-8-10-6-4-5-7-11(10)12(21-23-3)14(22)19-2/h4-7,13H,8H2,1-3H3,(H,19,22). The van der Waals surface area contributed by atoms with Gasteiger partial charge in [-0.25, -0.2) is 13.8 Å². The summed E-state index contributed by atoms with van der Waals surface area (Å²) in [6.45, 7) is 1.70. The van der Waals surface area contributed by atoms with Crippen LogP contribution in [0, 0.1) is 6.92 Å². The number of alkyl halides is 2. The number of ether oxygens (including phenoxy) is 1. The van der Waals surface area contributed by atoms with E-state index in [1.807, 2.05) is 0 Å². The zero-order valence-electron chi connectivity index (χ0n) is 13.9. The van der Waals surface area contributed by atoms with Gasteiger partial charge in [-0.2, -0.15) is 0 Å². The molecule has 25 heavy (non-hydrogen) atoms. The Morgan fingerprint density at radius 2 is 2.12 bits per heavy atom. The molecule has 1 heterocycles. The minimum Gasteiger partial charge on any atom is -0.472 e. The van der Waals surface area contributed by atoms with E-state index in [2.05, 4.69) is 15.5 Å². The van der Waals surface area contributed by atoms with Gasteiger partial charge in [-0.15, -0.1) is 11.3 Å². The largest absolute Gasteiger partial charge is 0.472 e. The van der Waals surface area contributed by atoms with Crippen LogP contribution in [0.1, 0.15) is 27.4 Å². The van der Waals surface area contributed by atoms with Crippen LogP contribution in [-0.4, -0.2) is 30.8 Å². The number of carbonyl (C=O) groups excluding carboxylic acids is 1. The Kier molecular flexibility index (Phi) is 6.40. The predicted octanol–water partition coefficient (Wildman–Crippen LogP) is 3.06. The monoisotopic (exact) mass is 369 g/mol. The summed E-state index contributed by atoms with van der Waals surface area (Å²) < 4.78 is 31.0. The molecule has 2 aromatic rings. The minimum atomic E-state index is -2.64. The number of carbonyl (C=O) groups is 1. The molecule has 134 valence electrons. The number of oxime groups is 1. The van der Waals surface area contributed by atoms with Gasteiger partial charge in [0.15, 0.2) is 10.7 Å². The number of halogens is 2. The average molecular weight is 369 g/mol. The third-order valence-electron chi connectivity index (χ3n) is 3.22. The number of nitrogens with one attached hydrogen (secondary N) is 1. The number of thiazole rings is 1. The lowest BCUT2D eigenvalue weighted by Gasteiger charge is -2.11. The summed E-state index contributed by atoms with van der Waals surface area (Å²) in [7, 11) is 2.82. The van der Waals surface area contributed by atoms with E-state index in [1.165, 1.54) is 14.2 Å². The normalized spacial score (nSPS) is 11.5. The van der Waals surface area contributed by atoms with E-state index in [0.717, 1.165) is 11.3 Å². The number of nitrogens with zero attached hydrogens (tertiary/aromatic N) is 2. The molecule has 2 rings (SSSR count). The van der Waals surface area contributed by atoms with Gasteiger partial charge >= 0.3 is 0 Å². The fourth-order valence-corrected chi connectivity index (χ4v) is 2.80. The second-order valence-electron chi connectivity index (χ2n) is 4.86. The SMILES string of the molecule is CNC(=O)C(=NOC)c1ccccc1COc1nc(C(F)F)sc1C. The molecule has 0 saturated carbocycles. The quantitative estimate of drug-likeness (QED) is 0.601. The number of likely N-dealkylation sites (N-methyl/N-ethyl adjacent to an activating group) is 1. The summed E-state index contributed by atoms with van der Waals surface area (Å²) in [4.78, 5) is 21.1. The molecule has 0 spiro atoms. The van der Waals surface area contributed by atoms with Crippen molar-refractivity contribution in [3.05, 3.63) is 45.3 Å². The van der Waals surface area contributed by atoms with Crippen LogP contribution in [0.2, 0.25) is 0 Å². The van der Waals surface area contributed by atoms with Crippen molar-refractivity contribution in [3.63, 3.8) is 0 Å². The number of benzene rings is 1. The molecular weight excluding hydrogens is 352 g/mol. The fourth-order valence-electron chi connectivity index (χ4n) is 2.08. The highest BCUT2D eigenvalue weighted by Crippen LogP contribution is 2.31. The van der Waals surface area contributed by atoms with Gasteiger partial charge in [-0.1, -0.05) is 29.4 Å². The van der Waals surface area contributed by atoms with E-state index in [-0.39, 0.29) is 23.2 Å². The Hall–Kier alpha value is -2.55. The molecule has 0 radical (unpaired) electrons. The molecule has 0 bridgehead atoms. The summed E-state index contributed by atoms with van der Waals surface area (Å²) in [6, 6.07) is 6.97. The molecule has 0 aliphatic rings. The highest BCUT2D eigenvalue weighted by Gasteiger charge is 2.19. The number of aryl methyl sites for hydroxylation is 1. The molecule has 0 unspecified atom stereocenters. The van der Waals surface area contributed by atoms with Gasteiger partial charge in [0.05, 0.1) is 4.88 Å². The number of aromatic nitrogens is 1. The van der Waals surface area contributed by atoms with E-state index in [9.17, 15) is 13.6 Å². The van der Waals surface area contributed by atoms with Crippen LogP contribution in [0.5, 0.6) is 5.88 Å². The Morgan fingerprint density at radius 3 is 2.72 bits per heavy atom. The van der Waals surface area contributed by atoms with E-state index in [0.29, 0.717) is 16.0 Å². The molecule has 1 amide bonds. The molecule has 0 fully saturated rings. The number of hydrogen-bond donors (Lipinski definition) is 1. The zero-order valence-corrected chi connectivity index (χ0v) is 14.7. The van der Waals surface area contributed by atoms with Crippen molar-refractivity contribution in [1.82, 2.24) is 10.3 Å². The van der Waals surface area contributed by atoms with Crippen LogP contribution in [0.3, 0.4) is 0 Å². The number of hydrogen-bond acceptors (Lipinski definition) is 6. The first kappa shape index (κ1) is 18.8. The van der Waals surface area contributed by atoms with Crippen LogP contribution in [0.4, 0.5) is 8.78 Å². The third kappa shape index (κ3) is 4.50. The lowest BCUT2D eigenvalue weighted by molar-refractivity contribution is -0.114. The lowest BCUT2D eigenvalue weighted by Crippen LogP contribution is -2.29. The van der Waals surface area contributed by atoms with Gasteiger partial charge in [0.25, 0.3) is 12.3 Å². The van der Waals surface area contributed by atoms with Crippen LogP contribution in [-0.2, 0) is 16.2 Å². The highest BCUT2D eigenvalue weighted by atomic mass is 32.1. The fraction of sp³-hybridized carbons (Fsp3) is 0.312. The molecule has 0 atom stereocenters. The summed E-state index contributed by atoms with van der Waals surface area (Å²) in [5.41, 5.74) is 1.26. The van der Waals surface area contributed by atoms with Gasteiger partial charge in [-0.05, 0) is 12.5 Å². The summed E-state index contributed by atoms with van der Waals surface area (Å²) in [5, 5.41) is 5.97. The van der Waals surface area contributed by atoms with Gasteiger partial charge in [0.2, 0.25) is 5.88 Å². The van der Waals surface area contributed by atoms with Crippen LogP contribution >= 0.6 is 11.3 Å². The van der Waals surface area contributed by atoms with Gasteiger partial charge in [-0.3, -0.25) is 4.79 Å². The lowest BCUT2D eigenvalue weighted by atomic mass is 10.0. The average Bonchev–Trinajstić information content (AvgIpc) is 2.99. The van der Waals surface area contributed by atoms with Crippen LogP contribution < -0.4 is 10.1 Å². The summed E-state index contributed by atoms with van der Waals surface area (Å²) >= 11 is 0.891. The maximum atomic E-state index is 12.7. The molecule has 0 saturated heterocycles. The smallest absolute Gasteiger partial charge is 0.289 e. The molecule has 6 nitrogen and oxygen atoms in total. The first-order chi connectivity index (χ1) is 12.0. The Labute approximate surface area is 147 Å².